The second kappa shape index (κ2) is 8.47. The van der Waals surface area contributed by atoms with Crippen LogP contribution >= 0.6 is 0 Å². The Bertz CT molecular complexity index is 289. The molecule has 1 heterocycles. The molecule has 2 N–H and O–H groups in total. The van der Waals surface area contributed by atoms with E-state index in [-0.39, 0.29) is 12.7 Å². The fourth-order valence-corrected chi connectivity index (χ4v) is 2.53. The van der Waals surface area contributed by atoms with Gasteiger partial charge in [-0.2, -0.15) is 0 Å². The fraction of sp³-hybridized carbons (Fsp3) is 0.933. The lowest BCUT2D eigenvalue weighted by Gasteiger charge is -2.36. The van der Waals surface area contributed by atoms with Gasteiger partial charge in [0.15, 0.2) is 0 Å². The molecule has 1 rings (SSSR count). The summed E-state index contributed by atoms with van der Waals surface area (Å²) in [6, 6.07) is 0.398. The molecule has 1 aliphatic heterocycles. The number of amides is 1. The molecule has 1 atom stereocenters. The van der Waals surface area contributed by atoms with E-state index in [4.69, 9.17) is 9.84 Å². The van der Waals surface area contributed by atoms with Crippen molar-refractivity contribution in [3.63, 3.8) is 0 Å². The van der Waals surface area contributed by atoms with Gasteiger partial charge in [0.25, 0.3) is 0 Å². The van der Waals surface area contributed by atoms with Gasteiger partial charge in [0.1, 0.15) is 5.60 Å². The van der Waals surface area contributed by atoms with Crippen LogP contribution in [0.1, 0.15) is 52.9 Å². The number of nitrogens with zero attached hydrogens (tertiary/aromatic N) is 1. The lowest BCUT2D eigenvalue weighted by Crippen LogP contribution is -2.47. The number of ether oxygens (including phenoxy) is 1. The van der Waals surface area contributed by atoms with Gasteiger partial charge in [-0.15, -0.1) is 0 Å². The van der Waals surface area contributed by atoms with E-state index in [9.17, 15) is 4.79 Å². The van der Waals surface area contributed by atoms with Gasteiger partial charge in [0, 0.05) is 19.2 Å². The van der Waals surface area contributed by atoms with Gasteiger partial charge in [0.05, 0.1) is 0 Å². The van der Waals surface area contributed by atoms with E-state index in [2.05, 4.69) is 10.2 Å². The van der Waals surface area contributed by atoms with E-state index in [1.54, 1.807) is 0 Å². The zero-order chi connectivity index (χ0) is 15.0. The van der Waals surface area contributed by atoms with E-state index < -0.39 is 5.60 Å². The standard InChI is InChI=1S/C15H30N2O3/c1-15(2,3)20-14(19)16-12-13-8-4-5-9-17(13)10-6-7-11-18/h13,18H,4-12H2,1-3H3,(H,16,19). The van der Waals surface area contributed by atoms with Crippen LogP contribution in [0.4, 0.5) is 4.79 Å². The number of hydrogen-bond donors (Lipinski definition) is 2. The van der Waals surface area contributed by atoms with Crippen LogP contribution in [0.5, 0.6) is 0 Å². The zero-order valence-electron chi connectivity index (χ0n) is 13.2. The number of unbranched alkanes of at least 4 members (excludes halogenated alkanes) is 1. The molecule has 0 aromatic heterocycles. The largest absolute Gasteiger partial charge is 0.444 e. The lowest BCUT2D eigenvalue weighted by molar-refractivity contribution is 0.0494. The molecule has 1 unspecified atom stereocenters. The van der Waals surface area contributed by atoms with Gasteiger partial charge in [-0.05, 0) is 59.5 Å². The third-order valence-electron chi connectivity index (χ3n) is 3.48. The van der Waals surface area contributed by atoms with Crippen molar-refractivity contribution < 1.29 is 14.6 Å². The van der Waals surface area contributed by atoms with Crippen molar-refractivity contribution in [2.24, 2.45) is 0 Å². The Balaban J connectivity index is 2.33. The molecular weight excluding hydrogens is 256 g/mol. The first-order valence-corrected chi connectivity index (χ1v) is 7.74. The maximum Gasteiger partial charge on any atom is 0.407 e. The normalized spacial score (nSPS) is 20.7. The average Bonchev–Trinajstić information content (AvgIpc) is 2.36. The Kier molecular flexibility index (Phi) is 7.30. The molecule has 5 heteroatoms. The zero-order valence-corrected chi connectivity index (χ0v) is 13.2. The lowest BCUT2D eigenvalue weighted by atomic mass is 10.0. The van der Waals surface area contributed by atoms with Gasteiger partial charge in [-0.3, -0.25) is 4.90 Å². The highest BCUT2D eigenvalue weighted by Gasteiger charge is 2.23. The molecule has 118 valence electrons. The number of rotatable bonds is 6. The van der Waals surface area contributed by atoms with Crippen LogP contribution in [0.2, 0.25) is 0 Å². The number of piperidine rings is 1. The molecule has 0 aromatic rings. The summed E-state index contributed by atoms with van der Waals surface area (Å²) in [5.41, 5.74) is -0.447. The van der Waals surface area contributed by atoms with E-state index in [1.165, 1.54) is 12.8 Å². The SMILES string of the molecule is CC(C)(C)OC(=O)NCC1CCCCN1CCCCO. The van der Waals surface area contributed by atoms with Gasteiger partial charge in [-0.1, -0.05) is 6.42 Å². The Morgan fingerprint density at radius 1 is 1.35 bits per heavy atom. The predicted octanol–water partition coefficient (Wildman–Crippen LogP) is 2.14. The molecule has 5 nitrogen and oxygen atoms in total. The van der Waals surface area contributed by atoms with Crippen molar-refractivity contribution in [1.29, 1.82) is 0 Å². The van der Waals surface area contributed by atoms with E-state index in [0.717, 1.165) is 32.4 Å². The van der Waals surface area contributed by atoms with Crippen molar-refractivity contribution in [3.05, 3.63) is 0 Å². The summed E-state index contributed by atoms with van der Waals surface area (Å²) >= 11 is 0. The van der Waals surface area contributed by atoms with Crippen LogP contribution in [-0.4, -0.2) is 54.0 Å². The number of likely N-dealkylation sites (tertiary alicyclic amines) is 1. The van der Waals surface area contributed by atoms with Crippen LogP contribution in [0.3, 0.4) is 0 Å². The van der Waals surface area contributed by atoms with Gasteiger partial charge in [-0.25, -0.2) is 4.79 Å². The third kappa shape index (κ3) is 7.10. The molecule has 0 aromatic carbocycles. The van der Waals surface area contributed by atoms with E-state index in [0.29, 0.717) is 12.6 Å². The third-order valence-corrected chi connectivity index (χ3v) is 3.48. The molecule has 0 spiro atoms. The molecule has 0 radical (unpaired) electrons. The number of aliphatic hydroxyl groups is 1. The number of aliphatic hydroxyl groups excluding tert-OH is 1. The highest BCUT2D eigenvalue weighted by Crippen LogP contribution is 2.17. The molecule has 0 aliphatic carbocycles. The quantitative estimate of drug-likeness (QED) is 0.734. The average molecular weight is 286 g/mol. The van der Waals surface area contributed by atoms with E-state index in [1.807, 2.05) is 20.8 Å². The second-order valence-electron chi connectivity index (χ2n) is 6.50. The van der Waals surface area contributed by atoms with Crippen LogP contribution < -0.4 is 5.32 Å². The molecule has 1 saturated heterocycles. The second-order valence-corrected chi connectivity index (χ2v) is 6.50. The van der Waals surface area contributed by atoms with Gasteiger partial charge >= 0.3 is 6.09 Å². The molecule has 0 saturated carbocycles. The van der Waals surface area contributed by atoms with Crippen LogP contribution in [0.15, 0.2) is 0 Å². The summed E-state index contributed by atoms with van der Waals surface area (Å²) in [5.74, 6) is 0. The number of nitrogens with one attached hydrogen (secondary N) is 1. The Morgan fingerprint density at radius 2 is 2.10 bits per heavy atom. The predicted molar refractivity (Wildman–Crippen MR) is 79.8 cm³/mol. The van der Waals surface area contributed by atoms with Crippen molar-refractivity contribution in [3.8, 4) is 0 Å². The summed E-state index contributed by atoms with van der Waals surface area (Å²) in [6.45, 7) is 8.60. The number of carbonyl (C=O) groups is 1. The van der Waals surface area contributed by atoms with Gasteiger partial charge in [0.2, 0.25) is 0 Å². The monoisotopic (exact) mass is 286 g/mol. The first-order valence-electron chi connectivity index (χ1n) is 7.74. The van der Waals surface area contributed by atoms with Crippen molar-refractivity contribution >= 4 is 6.09 Å². The van der Waals surface area contributed by atoms with E-state index >= 15 is 0 Å². The first-order chi connectivity index (χ1) is 9.42. The molecule has 1 aliphatic rings. The smallest absolute Gasteiger partial charge is 0.407 e. The first kappa shape index (κ1) is 17.2. The Hall–Kier alpha value is -0.810. The topological polar surface area (TPSA) is 61.8 Å². The minimum Gasteiger partial charge on any atom is -0.444 e. The maximum absolute atomic E-state index is 11.7. The Morgan fingerprint density at radius 3 is 2.75 bits per heavy atom. The summed E-state index contributed by atoms with van der Waals surface area (Å²) in [5, 5.41) is 11.7. The highest BCUT2D eigenvalue weighted by atomic mass is 16.6. The molecule has 1 fully saturated rings. The van der Waals surface area contributed by atoms with Crippen molar-refractivity contribution in [2.75, 3.05) is 26.2 Å². The molecule has 20 heavy (non-hydrogen) atoms. The fourth-order valence-electron chi connectivity index (χ4n) is 2.53. The molecular formula is C15H30N2O3. The molecule has 0 bridgehead atoms. The Labute approximate surface area is 122 Å². The number of carbonyl (C=O) groups excluding carboxylic acids is 1. The van der Waals surface area contributed by atoms with Crippen molar-refractivity contribution in [1.82, 2.24) is 10.2 Å². The maximum atomic E-state index is 11.7. The van der Waals surface area contributed by atoms with Crippen molar-refractivity contribution in [2.45, 2.75) is 64.5 Å². The minimum absolute atomic E-state index is 0.259. The van der Waals surface area contributed by atoms with Crippen LogP contribution in [-0.2, 0) is 4.74 Å². The summed E-state index contributed by atoms with van der Waals surface area (Å²) in [6.07, 6.45) is 5.09. The minimum atomic E-state index is -0.447. The summed E-state index contributed by atoms with van der Waals surface area (Å²) < 4.78 is 5.26. The summed E-state index contributed by atoms with van der Waals surface area (Å²) in [7, 11) is 0. The van der Waals surface area contributed by atoms with Gasteiger partial charge < -0.3 is 15.2 Å². The van der Waals surface area contributed by atoms with Crippen LogP contribution in [0.25, 0.3) is 0 Å². The number of alkyl carbamates (subject to hydrolysis) is 1. The summed E-state index contributed by atoms with van der Waals surface area (Å²) in [4.78, 5) is 14.1. The molecule has 1 amide bonds. The highest BCUT2D eigenvalue weighted by molar-refractivity contribution is 5.67. The number of hydrogen-bond acceptors (Lipinski definition) is 4. The van der Waals surface area contributed by atoms with Crippen LogP contribution in [0, 0.1) is 0 Å².